The van der Waals surface area contributed by atoms with Gasteiger partial charge in [-0.2, -0.15) is 0 Å². The van der Waals surface area contributed by atoms with Crippen molar-refractivity contribution in [1.29, 1.82) is 0 Å². The molecule has 1 aromatic rings. The fourth-order valence-corrected chi connectivity index (χ4v) is 10.5. The molecule has 35 heavy (non-hydrogen) atoms. The van der Waals surface area contributed by atoms with E-state index in [9.17, 15) is 10.2 Å². The number of quaternary nitrogens is 1. The Morgan fingerprint density at radius 3 is 2.34 bits per heavy atom. The molecule has 5 fully saturated rings. The molecule has 1 aliphatic carbocycles. The molecule has 2 N–H and O–H groups in total. The summed E-state index contributed by atoms with van der Waals surface area (Å²) < 4.78 is 0.901. The Morgan fingerprint density at radius 2 is 1.63 bits per heavy atom. The molecule has 5 heterocycles. The lowest BCUT2D eigenvalue weighted by atomic mass is 9.60. The van der Waals surface area contributed by atoms with Gasteiger partial charge in [0.15, 0.2) is 6.23 Å². The molecule has 6 aliphatic rings. The van der Waals surface area contributed by atoms with Gasteiger partial charge in [0, 0.05) is 37.4 Å². The van der Waals surface area contributed by atoms with Gasteiger partial charge in [0.1, 0.15) is 6.04 Å². The number of para-hydroxylation sites is 1. The van der Waals surface area contributed by atoms with Crippen LogP contribution in [0.15, 0.2) is 24.3 Å². The minimum Gasteiger partial charge on any atom is -0.392 e. The Kier molecular flexibility index (Phi) is 6.25. The Morgan fingerprint density at radius 1 is 0.943 bits per heavy atom. The van der Waals surface area contributed by atoms with E-state index in [0.29, 0.717) is 35.9 Å². The van der Waals surface area contributed by atoms with E-state index in [0.717, 1.165) is 23.9 Å². The fourth-order valence-electron chi connectivity index (χ4n) is 10.5. The van der Waals surface area contributed by atoms with Crippen molar-refractivity contribution in [2.24, 2.45) is 17.8 Å². The number of aliphatic hydroxyl groups excluding tert-OH is 2. The second-order valence-electron chi connectivity index (χ2n) is 12.9. The van der Waals surface area contributed by atoms with Crippen LogP contribution >= 0.6 is 0 Å². The maximum Gasteiger partial charge on any atom is 0.194 e. The highest BCUT2D eigenvalue weighted by molar-refractivity contribution is 5.66. The van der Waals surface area contributed by atoms with E-state index in [2.05, 4.69) is 50.1 Å². The topological polar surface area (TPSA) is 43.7 Å². The molecule has 1 unspecified atom stereocenters. The molecule has 5 aliphatic heterocycles. The number of hydrogen-bond acceptors (Lipinski definition) is 3. The van der Waals surface area contributed by atoms with Crippen molar-refractivity contribution in [2.45, 2.75) is 127 Å². The molecule has 0 amide bonds. The molecule has 4 nitrogen and oxygen atoms in total. The Bertz CT molecular complexity index is 921. The summed E-state index contributed by atoms with van der Waals surface area (Å²) in [6, 6.07) is 10.1. The number of nitrogens with zero attached hydrogens (tertiary/aromatic N) is 2. The van der Waals surface area contributed by atoms with Gasteiger partial charge in [-0.3, -0.25) is 4.48 Å². The molecule has 1 saturated carbocycles. The average molecular weight is 482 g/mol. The van der Waals surface area contributed by atoms with Crippen LogP contribution in [0.3, 0.4) is 0 Å². The number of unbranched alkanes of at least 4 members (excludes halogenated alkanes) is 8. The number of likely N-dealkylation sites (N-methyl/N-ethyl adjacent to an activating group) is 1. The normalized spacial score (nSPS) is 44.2. The lowest BCUT2D eigenvalue weighted by Gasteiger charge is -2.68. The van der Waals surface area contributed by atoms with E-state index in [4.69, 9.17) is 0 Å². The Balaban J connectivity index is 1.26. The molecular weight excluding hydrogens is 432 g/mol. The standard InChI is InChI=1S/C31H49N2O2/c1-4-6-7-8-9-10-11-12-15-18-33-25-19-22(21(5-2)30(33)35)27-26(33)20-31(29(27)34)23-16-13-14-17-24(23)32(3)28(25)31/h13-14,16-17,21-22,25-30,34-35H,4-12,15,18-20H2,1-3H3/q+1/t21-,22+,25-,26-,27+,28-,29+,30+,31-,33?/m0/s1. The summed E-state index contributed by atoms with van der Waals surface area (Å²) >= 11 is 0. The van der Waals surface area contributed by atoms with Crippen LogP contribution in [0.4, 0.5) is 5.69 Å². The third-order valence-corrected chi connectivity index (χ3v) is 11.8. The van der Waals surface area contributed by atoms with Crippen molar-refractivity contribution >= 4 is 5.69 Å². The number of rotatable bonds is 11. The van der Waals surface area contributed by atoms with E-state index >= 15 is 0 Å². The smallest absolute Gasteiger partial charge is 0.194 e. The first-order chi connectivity index (χ1) is 17.0. The van der Waals surface area contributed by atoms with E-state index < -0.39 is 0 Å². The molecule has 194 valence electrons. The van der Waals surface area contributed by atoms with Crippen molar-refractivity contribution in [3.8, 4) is 0 Å². The molecule has 1 aromatic carbocycles. The fraction of sp³-hybridized carbons (Fsp3) is 0.806. The van der Waals surface area contributed by atoms with E-state index in [1.54, 1.807) is 0 Å². The summed E-state index contributed by atoms with van der Waals surface area (Å²) in [5.41, 5.74) is 2.58. The van der Waals surface area contributed by atoms with Crippen LogP contribution in [0.2, 0.25) is 0 Å². The van der Waals surface area contributed by atoms with Gasteiger partial charge in [0.2, 0.25) is 0 Å². The van der Waals surface area contributed by atoms with Crippen LogP contribution in [0.5, 0.6) is 0 Å². The maximum absolute atomic E-state index is 12.2. The number of fused-ring (bicyclic) bond motifs is 2. The summed E-state index contributed by atoms with van der Waals surface area (Å²) in [5.74, 6) is 1.17. The van der Waals surface area contributed by atoms with Gasteiger partial charge in [0.05, 0.1) is 30.1 Å². The lowest BCUT2D eigenvalue weighted by Crippen LogP contribution is -2.83. The molecule has 1 spiro atoms. The number of piperidine rings is 4. The van der Waals surface area contributed by atoms with Gasteiger partial charge in [-0.25, -0.2) is 0 Å². The van der Waals surface area contributed by atoms with Crippen molar-refractivity contribution in [2.75, 3.05) is 18.5 Å². The number of anilines is 1. The van der Waals surface area contributed by atoms with E-state index in [1.165, 1.54) is 75.5 Å². The second-order valence-corrected chi connectivity index (χ2v) is 12.9. The van der Waals surface area contributed by atoms with Crippen LogP contribution in [0, 0.1) is 17.8 Å². The predicted octanol–water partition coefficient (Wildman–Crippen LogP) is 5.60. The Hall–Kier alpha value is -1.10. The third-order valence-electron chi connectivity index (χ3n) is 11.8. The van der Waals surface area contributed by atoms with Crippen molar-refractivity contribution in [3.63, 3.8) is 0 Å². The second kappa shape index (κ2) is 9.03. The molecule has 7 rings (SSSR count). The van der Waals surface area contributed by atoms with Gasteiger partial charge in [-0.15, -0.1) is 0 Å². The van der Waals surface area contributed by atoms with Crippen molar-refractivity contribution < 1.29 is 14.7 Å². The molecule has 10 atom stereocenters. The monoisotopic (exact) mass is 481 g/mol. The van der Waals surface area contributed by atoms with Gasteiger partial charge < -0.3 is 15.1 Å². The average Bonchev–Trinajstić information content (AvgIpc) is 3.26. The minimum absolute atomic E-state index is 0.136. The number of aliphatic hydroxyl groups is 2. The first kappa shape index (κ1) is 24.2. The van der Waals surface area contributed by atoms with Crippen molar-refractivity contribution in [3.05, 3.63) is 29.8 Å². The zero-order chi connectivity index (χ0) is 24.4. The quantitative estimate of drug-likeness (QED) is 0.319. The van der Waals surface area contributed by atoms with Crippen molar-refractivity contribution in [1.82, 2.24) is 0 Å². The predicted molar refractivity (Wildman–Crippen MR) is 142 cm³/mol. The highest BCUT2D eigenvalue weighted by Crippen LogP contribution is 2.71. The zero-order valence-electron chi connectivity index (χ0n) is 22.4. The molecule has 0 aromatic heterocycles. The van der Waals surface area contributed by atoms with Gasteiger partial charge in [-0.05, 0) is 36.8 Å². The molecule has 4 saturated heterocycles. The van der Waals surface area contributed by atoms with Gasteiger partial charge in [-0.1, -0.05) is 77.0 Å². The molecule has 0 radical (unpaired) electrons. The first-order valence-corrected chi connectivity index (χ1v) is 15.1. The summed E-state index contributed by atoms with van der Waals surface area (Å²) in [6.45, 7) is 5.66. The van der Waals surface area contributed by atoms with Crippen LogP contribution in [0.1, 0.15) is 96.5 Å². The van der Waals surface area contributed by atoms with Gasteiger partial charge >= 0.3 is 0 Å². The third kappa shape index (κ3) is 3.09. The summed E-state index contributed by atoms with van der Waals surface area (Å²) in [5, 5.41) is 24.2. The Labute approximate surface area is 213 Å². The van der Waals surface area contributed by atoms with E-state index in [1.807, 2.05) is 0 Å². The van der Waals surface area contributed by atoms with Crippen LogP contribution in [-0.2, 0) is 5.41 Å². The molecule has 5 bridgehead atoms. The summed E-state index contributed by atoms with van der Waals surface area (Å²) in [4.78, 5) is 2.52. The van der Waals surface area contributed by atoms with Crippen LogP contribution in [0.25, 0.3) is 0 Å². The highest BCUT2D eigenvalue weighted by atomic mass is 16.3. The summed E-state index contributed by atoms with van der Waals surface area (Å²) in [6.07, 6.45) is 14.9. The zero-order valence-corrected chi connectivity index (χ0v) is 22.4. The first-order valence-electron chi connectivity index (χ1n) is 15.1. The SMILES string of the molecule is CCCCCCCCCCC[N+]12[C@H](O)[C@@H](CC)[C@H]3C[C@H]1[C@@H]1N(C)c4ccccc4[C@@]14C[C@H]2[C@@H]3[C@H]4O. The van der Waals surface area contributed by atoms with Crippen LogP contribution in [-0.4, -0.2) is 58.7 Å². The molecule has 4 heteroatoms. The molecular formula is C31H49N2O2+. The lowest BCUT2D eigenvalue weighted by molar-refractivity contribution is -1.04. The van der Waals surface area contributed by atoms with Crippen LogP contribution < -0.4 is 4.90 Å². The maximum atomic E-state index is 12.2. The summed E-state index contributed by atoms with van der Waals surface area (Å²) in [7, 11) is 2.27. The van der Waals surface area contributed by atoms with E-state index in [-0.39, 0.29) is 17.7 Å². The number of hydrogen-bond donors (Lipinski definition) is 2. The number of benzene rings is 1. The largest absolute Gasteiger partial charge is 0.392 e. The minimum atomic E-state index is -0.275. The van der Waals surface area contributed by atoms with Gasteiger partial charge in [0.25, 0.3) is 0 Å². The highest BCUT2D eigenvalue weighted by Gasteiger charge is 2.82.